The lowest BCUT2D eigenvalue weighted by atomic mass is 10.0. The van der Waals surface area contributed by atoms with Gasteiger partial charge in [-0.1, -0.05) is 29.8 Å². The van der Waals surface area contributed by atoms with Crippen LogP contribution in [0.1, 0.15) is 30.9 Å². The largest absolute Gasteiger partial charge is 0.495 e. The number of benzene rings is 2. The first-order chi connectivity index (χ1) is 12.7. The molecule has 2 aromatic carbocycles. The number of anilines is 1. The molecule has 0 aliphatic carbocycles. The fourth-order valence-corrected chi connectivity index (χ4v) is 2.84. The summed E-state index contributed by atoms with van der Waals surface area (Å²) in [6.07, 6.45) is 0. The fourth-order valence-electron chi connectivity index (χ4n) is 2.48. The van der Waals surface area contributed by atoms with Gasteiger partial charge in [-0.25, -0.2) is 0 Å². The van der Waals surface area contributed by atoms with Crippen LogP contribution < -0.4 is 14.8 Å². The van der Waals surface area contributed by atoms with Crippen molar-refractivity contribution in [1.82, 2.24) is 0 Å². The van der Waals surface area contributed by atoms with Crippen molar-refractivity contribution >= 4 is 33.2 Å². The summed E-state index contributed by atoms with van der Waals surface area (Å²) in [4.78, 5) is 22.7. The monoisotopic (exact) mass is 436 g/mol. The van der Waals surface area contributed by atoms with Crippen LogP contribution in [-0.4, -0.2) is 24.5 Å². The van der Waals surface area contributed by atoms with E-state index < -0.39 is 10.8 Å². The number of hydrogen-bond acceptors (Lipinski definition) is 5. The SMILES string of the molecule is COc1ccc([N+](=O)[O-])cc1NC(=O)COc1cc(C)c(Br)cc1C(C)C. The van der Waals surface area contributed by atoms with Crippen molar-refractivity contribution in [3.63, 3.8) is 0 Å². The normalized spacial score (nSPS) is 10.6. The van der Waals surface area contributed by atoms with Gasteiger partial charge in [0.1, 0.15) is 11.5 Å². The second kappa shape index (κ2) is 8.85. The molecule has 0 aromatic heterocycles. The number of nitro benzene ring substituents is 1. The average Bonchev–Trinajstić information content (AvgIpc) is 2.62. The van der Waals surface area contributed by atoms with Crippen LogP contribution in [0.2, 0.25) is 0 Å². The Bertz CT molecular complexity index is 867. The second-order valence-corrected chi connectivity index (χ2v) is 7.13. The molecule has 1 N–H and O–H groups in total. The Balaban J connectivity index is 2.15. The van der Waals surface area contributed by atoms with Gasteiger partial charge in [-0.3, -0.25) is 14.9 Å². The minimum absolute atomic E-state index is 0.141. The van der Waals surface area contributed by atoms with Gasteiger partial charge in [0.15, 0.2) is 6.61 Å². The predicted octanol–water partition coefficient (Wildman–Crippen LogP) is 4.82. The number of carbonyl (C=O) groups is 1. The van der Waals surface area contributed by atoms with Crippen molar-refractivity contribution in [1.29, 1.82) is 0 Å². The highest BCUT2D eigenvalue weighted by Gasteiger charge is 2.16. The maximum absolute atomic E-state index is 12.3. The number of aryl methyl sites for hydroxylation is 1. The lowest BCUT2D eigenvalue weighted by molar-refractivity contribution is -0.384. The van der Waals surface area contributed by atoms with Crippen LogP contribution in [0.4, 0.5) is 11.4 Å². The van der Waals surface area contributed by atoms with Crippen LogP contribution in [0.3, 0.4) is 0 Å². The Morgan fingerprint density at radius 1 is 1.26 bits per heavy atom. The quantitative estimate of drug-likeness (QED) is 0.496. The van der Waals surface area contributed by atoms with Gasteiger partial charge in [0.25, 0.3) is 11.6 Å². The molecule has 2 aromatic rings. The zero-order valence-corrected chi connectivity index (χ0v) is 17.1. The van der Waals surface area contributed by atoms with Gasteiger partial charge >= 0.3 is 0 Å². The van der Waals surface area contributed by atoms with E-state index in [4.69, 9.17) is 9.47 Å². The fraction of sp³-hybridized carbons (Fsp3) is 0.316. The van der Waals surface area contributed by atoms with Crippen LogP contribution in [-0.2, 0) is 4.79 Å². The number of halogens is 1. The molecule has 0 fully saturated rings. The highest BCUT2D eigenvalue weighted by molar-refractivity contribution is 9.10. The number of ether oxygens (including phenoxy) is 2. The van der Waals surface area contributed by atoms with E-state index in [1.54, 1.807) is 0 Å². The van der Waals surface area contributed by atoms with E-state index in [1.165, 1.54) is 25.3 Å². The molecule has 0 radical (unpaired) electrons. The number of nitro groups is 1. The van der Waals surface area contributed by atoms with Crippen LogP contribution >= 0.6 is 15.9 Å². The second-order valence-electron chi connectivity index (χ2n) is 6.27. The van der Waals surface area contributed by atoms with E-state index >= 15 is 0 Å². The highest BCUT2D eigenvalue weighted by Crippen LogP contribution is 2.32. The summed E-state index contributed by atoms with van der Waals surface area (Å²) in [5.74, 6) is 0.740. The predicted molar refractivity (Wildman–Crippen MR) is 107 cm³/mol. The lowest BCUT2D eigenvalue weighted by Crippen LogP contribution is -2.21. The molecule has 0 spiro atoms. The molecule has 144 valence electrons. The van der Waals surface area contributed by atoms with E-state index in [9.17, 15) is 14.9 Å². The summed E-state index contributed by atoms with van der Waals surface area (Å²) in [7, 11) is 1.42. The van der Waals surface area contributed by atoms with Crippen LogP contribution in [0.5, 0.6) is 11.5 Å². The summed E-state index contributed by atoms with van der Waals surface area (Å²) in [5, 5.41) is 13.5. The summed E-state index contributed by atoms with van der Waals surface area (Å²) >= 11 is 3.50. The number of amides is 1. The number of hydrogen-bond donors (Lipinski definition) is 1. The molecular weight excluding hydrogens is 416 g/mol. The number of nitrogens with one attached hydrogen (secondary N) is 1. The highest BCUT2D eigenvalue weighted by atomic mass is 79.9. The minimum atomic E-state index is -0.537. The summed E-state index contributed by atoms with van der Waals surface area (Å²) in [6, 6.07) is 7.85. The van der Waals surface area contributed by atoms with Crippen molar-refractivity contribution in [3.05, 3.63) is 56.0 Å². The van der Waals surface area contributed by atoms with Crippen molar-refractivity contribution < 1.29 is 19.2 Å². The molecular formula is C19H21BrN2O5. The van der Waals surface area contributed by atoms with Gasteiger partial charge in [-0.15, -0.1) is 0 Å². The first-order valence-corrected chi connectivity index (χ1v) is 9.07. The average molecular weight is 437 g/mol. The molecule has 0 saturated heterocycles. The number of carbonyl (C=O) groups excluding carboxylic acids is 1. The summed E-state index contributed by atoms with van der Waals surface area (Å²) in [6.45, 7) is 5.79. The molecule has 0 heterocycles. The third-order valence-corrected chi connectivity index (χ3v) is 4.79. The van der Waals surface area contributed by atoms with Crippen molar-refractivity contribution in [2.45, 2.75) is 26.7 Å². The van der Waals surface area contributed by atoms with Crippen LogP contribution in [0.15, 0.2) is 34.8 Å². The third-order valence-electron chi connectivity index (χ3n) is 3.94. The number of rotatable bonds is 7. The molecule has 2 rings (SSSR count). The Kier molecular flexibility index (Phi) is 6.79. The molecule has 0 saturated carbocycles. The van der Waals surface area contributed by atoms with E-state index in [2.05, 4.69) is 21.2 Å². The molecule has 0 bridgehead atoms. The van der Waals surface area contributed by atoms with Gasteiger partial charge in [0, 0.05) is 16.6 Å². The van der Waals surface area contributed by atoms with Gasteiger partial charge in [-0.05, 0) is 42.2 Å². The smallest absolute Gasteiger partial charge is 0.271 e. The number of non-ortho nitro benzene ring substituents is 1. The first kappa shape index (κ1) is 20.7. The zero-order valence-electron chi connectivity index (χ0n) is 15.5. The molecule has 1 amide bonds. The Hall–Kier alpha value is -2.61. The van der Waals surface area contributed by atoms with Gasteiger partial charge in [0.05, 0.1) is 17.7 Å². The Morgan fingerprint density at radius 3 is 2.56 bits per heavy atom. The molecule has 7 nitrogen and oxygen atoms in total. The lowest BCUT2D eigenvalue weighted by Gasteiger charge is -2.16. The van der Waals surface area contributed by atoms with Gasteiger partial charge < -0.3 is 14.8 Å². The van der Waals surface area contributed by atoms with Crippen LogP contribution in [0, 0.1) is 17.0 Å². The Labute approximate surface area is 166 Å². The number of methoxy groups -OCH3 is 1. The minimum Gasteiger partial charge on any atom is -0.495 e. The van der Waals surface area contributed by atoms with Gasteiger partial charge in [0.2, 0.25) is 0 Å². The first-order valence-electron chi connectivity index (χ1n) is 8.28. The standard InChI is InChI=1S/C19H21BrN2O5/c1-11(2)14-9-15(20)12(3)7-18(14)27-10-19(23)21-16-8-13(22(24)25)5-6-17(16)26-4/h5-9,11H,10H2,1-4H3,(H,21,23). The molecule has 0 atom stereocenters. The maximum Gasteiger partial charge on any atom is 0.271 e. The van der Waals surface area contributed by atoms with Crippen molar-refractivity contribution in [3.8, 4) is 11.5 Å². The van der Waals surface area contributed by atoms with Crippen molar-refractivity contribution in [2.24, 2.45) is 0 Å². The van der Waals surface area contributed by atoms with Crippen molar-refractivity contribution in [2.75, 3.05) is 19.0 Å². The molecule has 0 aliphatic heterocycles. The molecule has 27 heavy (non-hydrogen) atoms. The molecule has 8 heteroatoms. The van der Waals surface area contributed by atoms with Crippen LogP contribution in [0.25, 0.3) is 0 Å². The molecule has 0 aliphatic rings. The third kappa shape index (κ3) is 5.19. The van der Waals surface area contributed by atoms with E-state index in [1.807, 2.05) is 32.9 Å². The zero-order chi connectivity index (χ0) is 20.1. The Morgan fingerprint density at radius 2 is 1.96 bits per heavy atom. The van der Waals surface area contributed by atoms with E-state index in [-0.39, 0.29) is 23.9 Å². The topological polar surface area (TPSA) is 90.7 Å². The molecule has 0 unspecified atom stereocenters. The van der Waals surface area contributed by atoms with E-state index in [0.29, 0.717) is 11.5 Å². The van der Waals surface area contributed by atoms with Gasteiger partial charge in [-0.2, -0.15) is 0 Å². The summed E-state index contributed by atoms with van der Waals surface area (Å²) in [5.41, 5.74) is 2.05. The summed E-state index contributed by atoms with van der Waals surface area (Å²) < 4.78 is 11.8. The number of nitrogens with zero attached hydrogens (tertiary/aromatic N) is 1. The maximum atomic E-state index is 12.3. The van der Waals surface area contributed by atoms with E-state index in [0.717, 1.165) is 15.6 Å².